The van der Waals surface area contributed by atoms with Gasteiger partial charge in [-0.05, 0) is 19.1 Å². The fraction of sp³-hybridized carbons (Fsp3) is 0.385. The summed E-state index contributed by atoms with van der Waals surface area (Å²) >= 11 is 0. The zero-order valence-electron chi connectivity index (χ0n) is 11.0. The molecule has 0 radical (unpaired) electrons. The first-order valence-electron chi connectivity index (χ1n) is 6.47. The molecule has 0 amide bonds. The van der Waals surface area contributed by atoms with Gasteiger partial charge in [0.05, 0.1) is 0 Å². The van der Waals surface area contributed by atoms with Crippen molar-refractivity contribution in [3.05, 3.63) is 30.2 Å². The van der Waals surface area contributed by atoms with Crippen LogP contribution < -0.4 is 15.5 Å². The Labute approximate surface area is 112 Å². The van der Waals surface area contributed by atoms with Crippen LogP contribution in [0.2, 0.25) is 0 Å². The molecule has 0 atom stereocenters. The largest absolute Gasteiger partial charge is 0.382 e. The third-order valence-corrected chi connectivity index (χ3v) is 3.38. The van der Waals surface area contributed by atoms with Crippen LogP contribution in [0, 0.1) is 6.92 Å². The van der Waals surface area contributed by atoms with Crippen LogP contribution in [0.1, 0.15) is 5.82 Å². The zero-order valence-corrected chi connectivity index (χ0v) is 11.0. The molecule has 3 heterocycles. The highest BCUT2D eigenvalue weighted by Crippen LogP contribution is 2.22. The second kappa shape index (κ2) is 4.79. The zero-order chi connectivity index (χ0) is 13.2. The predicted molar refractivity (Wildman–Crippen MR) is 76.4 cm³/mol. The van der Waals surface area contributed by atoms with E-state index in [-0.39, 0.29) is 0 Å². The molecule has 0 bridgehead atoms. The molecule has 1 saturated heterocycles. The molecule has 100 valence electrons. The number of rotatable bonds is 2. The topological polar surface area (TPSA) is 74.1 Å². The molecule has 2 aromatic heterocycles. The fourth-order valence-corrected chi connectivity index (χ4v) is 2.43. The molecule has 1 aliphatic heterocycles. The van der Waals surface area contributed by atoms with E-state index in [2.05, 4.69) is 24.8 Å². The highest BCUT2D eigenvalue weighted by Gasteiger charge is 2.21. The highest BCUT2D eigenvalue weighted by molar-refractivity contribution is 5.60. The van der Waals surface area contributed by atoms with Gasteiger partial charge in [0.15, 0.2) is 5.82 Å². The number of aromatic nitrogens is 3. The van der Waals surface area contributed by atoms with E-state index >= 15 is 0 Å². The van der Waals surface area contributed by atoms with E-state index in [0.29, 0.717) is 5.82 Å². The van der Waals surface area contributed by atoms with Crippen molar-refractivity contribution in [2.45, 2.75) is 6.92 Å². The van der Waals surface area contributed by atoms with Gasteiger partial charge in [0, 0.05) is 32.4 Å². The van der Waals surface area contributed by atoms with Crippen LogP contribution in [-0.2, 0) is 0 Å². The lowest BCUT2D eigenvalue weighted by molar-refractivity contribution is 0.643. The number of nitrogens with two attached hydrogens (primary N) is 1. The first-order chi connectivity index (χ1) is 9.24. The SMILES string of the molecule is Cc1nc(N2CCN(c3ccccn3)CC2)c(N)[nH]1. The van der Waals surface area contributed by atoms with E-state index in [1.165, 1.54) is 0 Å². The molecule has 0 saturated carbocycles. The summed E-state index contributed by atoms with van der Waals surface area (Å²) in [6.45, 7) is 5.60. The lowest BCUT2D eigenvalue weighted by Gasteiger charge is -2.35. The van der Waals surface area contributed by atoms with Crippen molar-refractivity contribution in [3.8, 4) is 0 Å². The van der Waals surface area contributed by atoms with E-state index in [1.807, 2.05) is 31.3 Å². The molecule has 0 unspecified atom stereocenters. The van der Waals surface area contributed by atoms with Gasteiger partial charge >= 0.3 is 0 Å². The Kier molecular flexibility index (Phi) is 2.98. The molecule has 1 aliphatic rings. The summed E-state index contributed by atoms with van der Waals surface area (Å²) in [4.78, 5) is 16.4. The van der Waals surface area contributed by atoms with E-state index in [9.17, 15) is 0 Å². The number of aromatic amines is 1. The number of nitrogen functional groups attached to an aromatic ring is 1. The third-order valence-electron chi connectivity index (χ3n) is 3.38. The van der Waals surface area contributed by atoms with Crippen molar-refractivity contribution in [2.75, 3.05) is 41.7 Å². The number of nitrogens with zero attached hydrogens (tertiary/aromatic N) is 4. The number of hydrogen-bond donors (Lipinski definition) is 2. The number of anilines is 3. The highest BCUT2D eigenvalue weighted by atomic mass is 15.3. The first kappa shape index (κ1) is 11.8. The van der Waals surface area contributed by atoms with Gasteiger partial charge in [-0.1, -0.05) is 6.07 Å². The molecule has 6 nitrogen and oxygen atoms in total. The van der Waals surface area contributed by atoms with Crippen LogP contribution >= 0.6 is 0 Å². The number of hydrogen-bond acceptors (Lipinski definition) is 5. The lowest BCUT2D eigenvalue weighted by Crippen LogP contribution is -2.47. The first-order valence-corrected chi connectivity index (χ1v) is 6.47. The van der Waals surface area contributed by atoms with Gasteiger partial charge in [-0.3, -0.25) is 0 Å². The second-order valence-corrected chi connectivity index (χ2v) is 4.72. The lowest BCUT2D eigenvalue weighted by atomic mass is 10.3. The van der Waals surface area contributed by atoms with Crippen molar-refractivity contribution in [1.29, 1.82) is 0 Å². The Morgan fingerprint density at radius 3 is 2.47 bits per heavy atom. The quantitative estimate of drug-likeness (QED) is 0.841. The molecule has 2 aromatic rings. The molecular weight excluding hydrogens is 240 g/mol. The number of H-pyrrole nitrogens is 1. The molecule has 0 spiro atoms. The van der Waals surface area contributed by atoms with Crippen LogP contribution in [0.25, 0.3) is 0 Å². The molecule has 19 heavy (non-hydrogen) atoms. The van der Waals surface area contributed by atoms with Crippen LogP contribution in [0.15, 0.2) is 24.4 Å². The van der Waals surface area contributed by atoms with Gasteiger partial charge in [-0.25, -0.2) is 9.97 Å². The monoisotopic (exact) mass is 258 g/mol. The minimum absolute atomic E-state index is 0.656. The molecule has 0 aliphatic carbocycles. The molecular formula is C13H18N6. The predicted octanol–water partition coefficient (Wildman–Crippen LogP) is 1.02. The molecule has 3 rings (SSSR count). The fourth-order valence-electron chi connectivity index (χ4n) is 2.43. The van der Waals surface area contributed by atoms with Gasteiger partial charge in [0.1, 0.15) is 17.5 Å². The number of nitrogens with one attached hydrogen (secondary N) is 1. The minimum atomic E-state index is 0.656. The van der Waals surface area contributed by atoms with Gasteiger partial charge < -0.3 is 20.5 Å². The Bertz CT molecular complexity index is 542. The summed E-state index contributed by atoms with van der Waals surface area (Å²) < 4.78 is 0. The average Bonchev–Trinajstić information content (AvgIpc) is 2.79. The van der Waals surface area contributed by atoms with E-state index < -0.39 is 0 Å². The Balaban J connectivity index is 1.68. The number of piperazine rings is 1. The van der Waals surface area contributed by atoms with Gasteiger partial charge in [-0.15, -0.1) is 0 Å². The smallest absolute Gasteiger partial charge is 0.171 e. The summed E-state index contributed by atoms with van der Waals surface area (Å²) in [7, 11) is 0. The van der Waals surface area contributed by atoms with Gasteiger partial charge in [0.2, 0.25) is 0 Å². The maximum Gasteiger partial charge on any atom is 0.171 e. The average molecular weight is 258 g/mol. The summed E-state index contributed by atoms with van der Waals surface area (Å²) in [6.07, 6.45) is 1.83. The third kappa shape index (κ3) is 2.33. The van der Waals surface area contributed by atoms with Crippen molar-refractivity contribution in [1.82, 2.24) is 15.0 Å². The number of aryl methyl sites for hydroxylation is 1. The molecule has 3 N–H and O–H groups in total. The van der Waals surface area contributed by atoms with Crippen LogP contribution in [0.3, 0.4) is 0 Å². The van der Waals surface area contributed by atoms with E-state index in [0.717, 1.165) is 43.6 Å². The second-order valence-electron chi connectivity index (χ2n) is 4.72. The van der Waals surface area contributed by atoms with Crippen molar-refractivity contribution in [3.63, 3.8) is 0 Å². The Hall–Kier alpha value is -2.24. The Morgan fingerprint density at radius 1 is 1.16 bits per heavy atom. The molecule has 1 fully saturated rings. The molecule has 0 aromatic carbocycles. The van der Waals surface area contributed by atoms with Gasteiger partial charge in [0.25, 0.3) is 0 Å². The van der Waals surface area contributed by atoms with Crippen LogP contribution in [0.5, 0.6) is 0 Å². The number of pyridine rings is 1. The summed E-state index contributed by atoms with van der Waals surface area (Å²) in [6, 6.07) is 6.00. The van der Waals surface area contributed by atoms with Crippen molar-refractivity contribution >= 4 is 17.5 Å². The van der Waals surface area contributed by atoms with E-state index in [4.69, 9.17) is 5.73 Å². The standard InChI is InChI=1S/C13H18N6/c1-10-16-12(14)13(17-10)19-8-6-18(7-9-19)11-4-2-3-5-15-11/h2-5H,6-9,14H2,1H3,(H,16,17). The van der Waals surface area contributed by atoms with E-state index in [1.54, 1.807) is 0 Å². The maximum atomic E-state index is 5.93. The summed E-state index contributed by atoms with van der Waals surface area (Å²) in [5, 5.41) is 0. The summed E-state index contributed by atoms with van der Waals surface area (Å²) in [5.41, 5.74) is 5.93. The van der Waals surface area contributed by atoms with Gasteiger partial charge in [-0.2, -0.15) is 0 Å². The molecule has 6 heteroatoms. The van der Waals surface area contributed by atoms with Crippen molar-refractivity contribution < 1.29 is 0 Å². The minimum Gasteiger partial charge on any atom is -0.382 e. The van der Waals surface area contributed by atoms with Crippen LogP contribution in [-0.4, -0.2) is 41.1 Å². The Morgan fingerprint density at radius 2 is 1.89 bits per heavy atom. The normalized spacial score (nSPS) is 15.8. The number of imidazole rings is 1. The van der Waals surface area contributed by atoms with Crippen LogP contribution in [0.4, 0.5) is 17.5 Å². The summed E-state index contributed by atoms with van der Waals surface area (Å²) in [5.74, 6) is 3.43. The van der Waals surface area contributed by atoms with Crippen molar-refractivity contribution in [2.24, 2.45) is 0 Å². The maximum absolute atomic E-state index is 5.93.